The molecule has 2 N–H and O–H groups in total. The lowest BCUT2D eigenvalue weighted by molar-refractivity contribution is -0.121. The Balaban J connectivity index is 1.52. The quantitative estimate of drug-likeness (QED) is 0.633. The van der Waals surface area contributed by atoms with Crippen LogP contribution >= 0.6 is 0 Å². The number of amides is 1. The van der Waals surface area contributed by atoms with E-state index in [9.17, 15) is 9.59 Å². The number of hydrogen-bond donors (Lipinski definition) is 2. The average Bonchev–Trinajstić information content (AvgIpc) is 3.15. The Kier molecular flexibility index (Phi) is 6.00. The number of nitrogens with zero attached hydrogens (tertiary/aromatic N) is 2. The molecule has 1 aromatic carbocycles. The number of hydrogen-bond acceptors (Lipinski definition) is 6. The van der Waals surface area contributed by atoms with Gasteiger partial charge in [-0.05, 0) is 30.0 Å². The number of benzene rings is 1. The second-order valence-corrected chi connectivity index (χ2v) is 7.94. The number of methoxy groups -OCH3 is 1. The minimum absolute atomic E-state index is 0.126. The zero-order valence-electron chi connectivity index (χ0n) is 17.2. The number of pyridine rings is 1. The number of ether oxygens (including phenoxy) is 1. The fraction of sp³-hybridized carbons (Fsp3) is 0.429. The lowest BCUT2D eigenvalue weighted by Crippen LogP contribution is -2.27. The molecule has 0 aliphatic heterocycles. The highest BCUT2D eigenvalue weighted by Gasteiger charge is 2.21. The summed E-state index contributed by atoms with van der Waals surface area (Å²) in [6, 6.07) is 7.30. The van der Waals surface area contributed by atoms with Crippen molar-refractivity contribution in [1.82, 2.24) is 20.4 Å². The zero-order valence-corrected chi connectivity index (χ0v) is 17.2. The van der Waals surface area contributed by atoms with Crippen LogP contribution in [0.25, 0.3) is 10.9 Å². The highest BCUT2D eigenvalue weighted by molar-refractivity contribution is 5.81. The molecule has 0 unspecified atom stereocenters. The summed E-state index contributed by atoms with van der Waals surface area (Å²) in [5, 5.41) is 7.66. The van der Waals surface area contributed by atoms with E-state index >= 15 is 0 Å². The number of carbonyl (C=O) groups is 1. The number of rotatable bonds is 7. The Labute approximate surface area is 168 Å². The van der Waals surface area contributed by atoms with Crippen molar-refractivity contribution < 1.29 is 14.1 Å². The van der Waals surface area contributed by atoms with Crippen molar-refractivity contribution in [2.24, 2.45) is 0 Å². The molecule has 2 aromatic heterocycles. The lowest BCUT2D eigenvalue weighted by atomic mass is 9.97. The predicted octanol–water partition coefficient (Wildman–Crippen LogP) is 2.51. The van der Waals surface area contributed by atoms with Crippen LogP contribution in [-0.4, -0.2) is 34.7 Å². The summed E-state index contributed by atoms with van der Waals surface area (Å²) in [7, 11) is 1.58. The van der Waals surface area contributed by atoms with Gasteiger partial charge in [0.1, 0.15) is 5.75 Å². The van der Waals surface area contributed by atoms with Gasteiger partial charge >= 0.3 is 0 Å². The van der Waals surface area contributed by atoms with Crippen molar-refractivity contribution >= 4 is 16.8 Å². The maximum absolute atomic E-state index is 12.3. The molecule has 3 rings (SSSR count). The molecular weight excluding hydrogens is 372 g/mol. The maximum Gasteiger partial charge on any atom is 0.251 e. The molecule has 0 spiro atoms. The number of aromatic nitrogens is 3. The third kappa shape index (κ3) is 5.22. The smallest absolute Gasteiger partial charge is 0.251 e. The van der Waals surface area contributed by atoms with Gasteiger partial charge in [-0.15, -0.1) is 0 Å². The maximum atomic E-state index is 12.3. The summed E-state index contributed by atoms with van der Waals surface area (Å²) in [5.41, 5.74) is 0.884. The van der Waals surface area contributed by atoms with Crippen molar-refractivity contribution in [2.45, 2.75) is 45.4 Å². The molecule has 0 bridgehead atoms. The highest BCUT2D eigenvalue weighted by atomic mass is 16.5. The van der Waals surface area contributed by atoms with E-state index in [1.807, 2.05) is 39.0 Å². The molecule has 0 saturated carbocycles. The van der Waals surface area contributed by atoms with Crippen LogP contribution in [0.3, 0.4) is 0 Å². The number of aromatic amines is 1. The van der Waals surface area contributed by atoms with Crippen LogP contribution < -0.4 is 15.6 Å². The summed E-state index contributed by atoms with van der Waals surface area (Å²) >= 11 is 0. The van der Waals surface area contributed by atoms with Gasteiger partial charge in [-0.2, -0.15) is 4.98 Å². The minimum Gasteiger partial charge on any atom is -0.497 e. The molecule has 0 radical (unpaired) electrons. The van der Waals surface area contributed by atoms with Crippen LogP contribution in [-0.2, 0) is 23.1 Å². The molecule has 0 saturated heterocycles. The Morgan fingerprint density at radius 3 is 2.72 bits per heavy atom. The Hall–Kier alpha value is -3.16. The largest absolute Gasteiger partial charge is 0.497 e. The zero-order chi connectivity index (χ0) is 21.0. The molecule has 0 fully saturated rings. The van der Waals surface area contributed by atoms with Crippen LogP contribution in [0, 0.1) is 0 Å². The van der Waals surface area contributed by atoms with E-state index < -0.39 is 0 Å². The van der Waals surface area contributed by atoms with Gasteiger partial charge in [-0.1, -0.05) is 25.9 Å². The van der Waals surface area contributed by atoms with Crippen LogP contribution in [0.2, 0.25) is 0 Å². The van der Waals surface area contributed by atoms with E-state index in [-0.39, 0.29) is 23.3 Å². The molecule has 0 aliphatic rings. The Morgan fingerprint density at radius 2 is 2.03 bits per heavy atom. The molecule has 1 amide bonds. The van der Waals surface area contributed by atoms with Crippen molar-refractivity contribution in [1.29, 1.82) is 0 Å². The summed E-state index contributed by atoms with van der Waals surface area (Å²) in [6.07, 6.45) is 1.08. The van der Waals surface area contributed by atoms with Gasteiger partial charge in [0.15, 0.2) is 5.82 Å². The van der Waals surface area contributed by atoms with Gasteiger partial charge in [0, 0.05) is 36.4 Å². The first-order valence-electron chi connectivity index (χ1n) is 9.56. The van der Waals surface area contributed by atoms with Crippen molar-refractivity contribution in [3.63, 3.8) is 0 Å². The predicted molar refractivity (Wildman–Crippen MR) is 109 cm³/mol. The van der Waals surface area contributed by atoms with Crippen LogP contribution in [0.5, 0.6) is 5.75 Å². The normalized spacial score (nSPS) is 11.6. The molecule has 0 atom stereocenters. The van der Waals surface area contributed by atoms with Gasteiger partial charge in [0.05, 0.1) is 12.6 Å². The standard InChI is InChI=1S/C21H26N4O4/c1-21(2,3)20-24-17(25-29-20)9-10-22-18(26)8-6-14-11-13-5-7-15(28-4)12-16(13)23-19(14)27/h5,7,11-12H,6,8-10H2,1-4H3,(H,22,26)(H,23,27). The summed E-state index contributed by atoms with van der Waals surface area (Å²) in [4.78, 5) is 31.6. The Morgan fingerprint density at radius 1 is 1.24 bits per heavy atom. The van der Waals surface area contributed by atoms with Crippen molar-refractivity contribution in [3.05, 3.63) is 51.9 Å². The molecule has 2 heterocycles. The first-order chi connectivity index (χ1) is 13.8. The summed E-state index contributed by atoms with van der Waals surface area (Å²) < 4.78 is 10.4. The van der Waals surface area contributed by atoms with Gasteiger partial charge in [-0.25, -0.2) is 0 Å². The van der Waals surface area contributed by atoms with Crippen LogP contribution in [0.15, 0.2) is 33.6 Å². The Bertz CT molecular complexity index is 1060. The monoisotopic (exact) mass is 398 g/mol. The van der Waals surface area contributed by atoms with E-state index in [1.54, 1.807) is 13.2 Å². The molecule has 0 aliphatic carbocycles. The first kappa shape index (κ1) is 20.6. The fourth-order valence-electron chi connectivity index (χ4n) is 2.85. The van der Waals surface area contributed by atoms with Gasteiger partial charge in [0.2, 0.25) is 11.8 Å². The van der Waals surface area contributed by atoms with Gasteiger partial charge < -0.3 is 19.6 Å². The minimum atomic E-state index is -0.202. The van der Waals surface area contributed by atoms with Crippen molar-refractivity contribution in [3.8, 4) is 5.75 Å². The summed E-state index contributed by atoms with van der Waals surface area (Å²) in [6.45, 7) is 6.40. The number of aryl methyl sites for hydroxylation is 1. The number of carbonyl (C=O) groups excluding carboxylic acids is 1. The first-order valence-corrected chi connectivity index (χ1v) is 9.56. The second kappa shape index (κ2) is 8.46. The molecule has 8 nitrogen and oxygen atoms in total. The number of fused-ring (bicyclic) bond motifs is 1. The van der Waals surface area contributed by atoms with Gasteiger partial charge in [0.25, 0.3) is 5.56 Å². The molecule has 29 heavy (non-hydrogen) atoms. The average molecular weight is 398 g/mol. The topological polar surface area (TPSA) is 110 Å². The van der Waals surface area contributed by atoms with Crippen molar-refractivity contribution in [2.75, 3.05) is 13.7 Å². The van der Waals surface area contributed by atoms with E-state index in [1.165, 1.54) is 0 Å². The van der Waals surface area contributed by atoms with Crippen LogP contribution in [0.1, 0.15) is 44.5 Å². The van der Waals surface area contributed by atoms with E-state index in [2.05, 4.69) is 20.4 Å². The lowest BCUT2D eigenvalue weighted by Gasteiger charge is -2.10. The molecule has 154 valence electrons. The van der Waals surface area contributed by atoms with E-state index in [4.69, 9.17) is 9.26 Å². The highest BCUT2D eigenvalue weighted by Crippen LogP contribution is 2.20. The molecular formula is C21H26N4O4. The molecule has 8 heteroatoms. The van der Waals surface area contributed by atoms with E-state index in [0.29, 0.717) is 47.9 Å². The third-order valence-electron chi connectivity index (χ3n) is 4.53. The molecule has 3 aromatic rings. The fourth-order valence-corrected chi connectivity index (χ4v) is 2.85. The third-order valence-corrected chi connectivity index (χ3v) is 4.53. The van der Waals surface area contributed by atoms with Gasteiger partial charge in [-0.3, -0.25) is 9.59 Å². The second-order valence-electron chi connectivity index (χ2n) is 7.94. The SMILES string of the molecule is COc1ccc2cc(CCC(=O)NCCc3noc(C(C)(C)C)n3)c(=O)[nH]c2c1. The van der Waals surface area contributed by atoms with Crippen LogP contribution in [0.4, 0.5) is 0 Å². The number of H-pyrrole nitrogens is 1. The number of nitrogens with one attached hydrogen (secondary N) is 2. The summed E-state index contributed by atoms with van der Waals surface area (Å²) in [5.74, 6) is 1.69. The van der Waals surface area contributed by atoms with E-state index in [0.717, 1.165) is 5.39 Å².